The van der Waals surface area contributed by atoms with E-state index in [4.69, 9.17) is 5.73 Å². The first-order valence-corrected chi connectivity index (χ1v) is 7.28. The summed E-state index contributed by atoms with van der Waals surface area (Å²) in [6, 6.07) is 14.1. The van der Waals surface area contributed by atoms with E-state index in [2.05, 4.69) is 17.4 Å². The van der Waals surface area contributed by atoms with E-state index in [0.717, 1.165) is 43.3 Å². The van der Waals surface area contributed by atoms with Gasteiger partial charge in [0.25, 0.3) is 0 Å². The molecule has 3 N–H and O–H groups in total. The molecular weight excluding hydrogens is 248 g/mol. The summed E-state index contributed by atoms with van der Waals surface area (Å²) in [7, 11) is 0. The van der Waals surface area contributed by atoms with Crippen molar-refractivity contribution in [2.24, 2.45) is 5.73 Å². The Morgan fingerprint density at radius 3 is 2.50 bits per heavy atom. The molecule has 2 rings (SSSR count). The molecule has 0 bridgehead atoms. The third-order valence-electron chi connectivity index (χ3n) is 3.39. The Labute approximate surface area is 120 Å². The molecule has 3 nitrogen and oxygen atoms in total. The summed E-state index contributed by atoms with van der Waals surface area (Å²) in [6.07, 6.45) is 4.74. The number of amides is 1. The zero-order valence-corrected chi connectivity index (χ0v) is 11.8. The van der Waals surface area contributed by atoms with Crippen molar-refractivity contribution in [3.05, 3.63) is 42.5 Å². The number of fused-ring (bicyclic) bond motifs is 1. The van der Waals surface area contributed by atoms with Crippen LogP contribution in [-0.2, 0) is 4.79 Å². The maximum atomic E-state index is 11.8. The number of anilines is 1. The van der Waals surface area contributed by atoms with E-state index in [1.807, 2.05) is 30.3 Å². The minimum atomic E-state index is 0.0908. The van der Waals surface area contributed by atoms with Crippen LogP contribution in [0.5, 0.6) is 0 Å². The van der Waals surface area contributed by atoms with Gasteiger partial charge in [-0.2, -0.15) is 0 Å². The van der Waals surface area contributed by atoms with Gasteiger partial charge in [-0.25, -0.2) is 0 Å². The quantitative estimate of drug-likeness (QED) is 0.754. The maximum Gasteiger partial charge on any atom is 0.224 e. The Balaban J connectivity index is 1.83. The average molecular weight is 270 g/mol. The zero-order valence-electron chi connectivity index (χ0n) is 11.8. The summed E-state index contributed by atoms with van der Waals surface area (Å²) >= 11 is 0. The number of carbonyl (C=O) groups excluding carboxylic acids is 1. The van der Waals surface area contributed by atoms with Crippen LogP contribution in [0.2, 0.25) is 0 Å². The van der Waals surface area contributed by atoms with Crippen molar-refractivity contribution in [1.29, 1.82) is 0 Å². The topological polar surface area (TPSA) is 55.1 Å². The minimum Gasteiger partial charge on any atom is -0.330 e. The van der Waals surface area contributed by atoms with E-state index in [0.29, 0.717) is 6.42 Å². The predicted octanol–water partition coefficient (Wildman–Crippen LogP) is 3.69. The molecule has 0 atom stereocenters. The van der Waals surface area contributed by atoms with Crippen LogP contribution in [0.3, 0.4) is 0 Å². The van der Waals surface area contributed by atoms with Crippen LogP contribution in [0.15, 0.2) is 42.5 Å². The normalized spacial score (nSPS) is 10.7. The molecule has 0 aromatic heterocycles. The number of rotatable bonds is 7. The van der Waals surface area contributed by atoms with E-state index in [-0.39, 0.29) is 5.91 Å². The molecule has 0 spiro atoms. The first-order chi connectivity index (χ1) is 9.79. The Morgan fingerprint density at radius 1 is 0.950 bits per heavy atom. The van der Waals surface area contributed by atoms with E-state index in [9.17, 15) is 4.79 Å². The largest absolute Gasteiger partial charge is 0.330 e. The summed E-state index contributed by atoms with van der Waals surface area (Å²) in [5, 5.41) is 5.30. The van der Waals surface area contributed by atoms with Gasteiger partial charge in [0, 0.05) is 12.1 Å². The summed E-state index contributed by atoms with van der Waals surface area (Å²) in [5.74, 6) is 0.0908. The van der Waals surface area contributed by atoms with Crippen LogP contribution < -0.4 is 11.1 Å². The number of nitrogens with one attached hydrogen (secondary N) is 1. The second kappa shape index (κ2) is 7.65. The van der Waals surface area contributed by atoms with Crippen LogP contribution in [0.25, 0.3) is 10.8 Å². The number of benzene rings is 2. The number of unbranched alkanes of at least 4 members (excludes halogenated alkanes) is 3. The third-order valence-corrected chi connectivity index (χ3v) is 3.39. The highest BCUT2D eigenvalue weighted by Gasteiger charge is 2.03. The van der Waals surface area contributed by atoms with Gasteiger partial charge in [-0.15, -0.1) is 0 Å². The zero-order chi connectivity index (χ0) is 14.2. The fourth-order valence-electron chi connectivity index (χ4n) is 2.27. The molecule has 0 saturated carbocycles. The minimum absolute atomic E-state index is 0.0908. The van der Waals surface area contributed by atoms with Gasteiger partial charge in [-0.3, -0.25) is 4.79 Å². The Hall–Kier alpha value is -1.87. The van der Waals surface area contributed by atoms with Crippen molar-refractivity contribution in [3.63, 3.8) is 0 Å². The molecule has 1 amide bonds. The lowest BCUT2D eigenvalue weighted by Crippen LogP contribution is -2.11. The van der Waals surface area contributed by atoms with Crippen molar-refractivity contribution in [2.75, 3.05) is 11.9 Å². The lowest BCUT2D eigenvalue weighted by molar-refractivity contribution is -0.116. The van der Waals surface area contributed by atoms with Crippen molar-refractivity contribution >= 4 is 22.4 Å². The molecule has 0 radical (unpaired) electrons. The van der Waals surface area contributed by atoms with E-state index < -0.39 is 0 Å². The third kappa shape index (κ3) is 4.35. The molecule has 0 fully saturated rings. The lowest BCUT2D eigenvalue weighted by Gasteiger charge is -2.06. The van der Waals surface area contributed by atoms with E-state index >= 15 is 0 Å². The highest BCUT2D eigenvalue weighted by Crippen LogP contribution is 2.19. The van der Waals surface area contributed by atoms with Gasteiger partial charge >= 0.3 is 0 Å². The SMILES string of the molecule is NCCCCCCC(=O)Nc1ccc2ccccc2c1. The molecule has 0 aliphatic heterocycles. The van der Waals surface area contributed by atoms with Crippen LogP contribution in [-0.4, -0.2) is 12.5 Å². The Bertz CT molecular complexity index is 566. The molecule has 0 heterocycles. The summed E-state index contributed by atoms with van der Waals surface area (Å²) in [5.41, 5.74) is 6.31. The molecule has 2 aromatic carbocycles. The van der Waals surface area contributed by atoms with Crippen LogP contribution in [0.4, 0.5) is 5.69 Å². The van der Waals surface area contributed by atoms with Crippen molar-refractivity contribution in [3.8, 4) is 0 Å². The van der Waals surface area contributed by atoms with Gasteiger partial charge in [0.2, 0.25) is 5.91 Å². The summed E-state index contributed by atoms with van der Waals surface area (Å²) < 4.78 is 0. The molecule has 0 unspecified atom stereocenters. The standard InChI is InChI=1S/C17H22N2O/c18-12-6-2-1-3-9-17(20)19-16-11-10-14-7-4-5-8-15(14)13-16/h4-5,7-8,10-11,13H,1-3,6,9,12,18H2,(H,19,20). The lowest BCUT2D eigenvalue weighted by atomic mass is 10.1. The molecule has 0 aliphatic carbocycles. The fraction of sp³-hybridized carbons (Fsp3) is 0.353. The van der Waals surface area contributed by atoms with E-state index in [1.165, 1.54) is 5.39 Å². The van der Waals surface area contributed by atoms with Gasteiger partial charge < -0.3 is 11.1 Å². The molecule has 3 heteroatoms. The predicted molar refractivity (Wildman–Crippen MR) is 84.7 cm³/mol. The number of hydrogen-bond donors (Lipinski definition) is 2. The van der Waals surface area contributed by atoms with Gasteiger partial charge in [-0.1, -0.05) is 43.2 Å². The monoisotopic (exact) mass is 270 g/mol. The van der Waals surface area contributed by atoms with Crippen LogP contribution in [0, 0.1) is 0 Å². The van der Waals surface area contributed by atoms with Gasteiger partial charge in [-0.05, 0) is 42.3 Å². The van der Waals surface area contributed by atoms with Gasteiger partial charge in [0.05, 0.1) is 0 Å². The maximum absolute atomic E-state index is 11.8. The second-order valence-corrected chi connectivity index (χ2v) is 5.06. The molecule has 106 valence electrons. The molecule has 2 aromatic rings. The van der Waals surface area contributed by atoms with Crippen molar-refractivity contribution < 1.29 is 4.79 Å². The van der Waals surface area contributed by atoms with E-state index in [1.54, 1.807) is 0 Å². The summed E-state index contributed by atoms with van der Waals surface area (Å²) in [6.45, 7) is 0.739. The second-order valence-electron chi connectivity index (χ2n) is 5.06. The first-order valence-electron chi connectivity index (χ1n) is 7.28. The smallest absolute Gasteiger partial charge is 0.224 e. The van der Waals surface area contributed by atoms with Crippen molar-refractivity contribution in [1.82, 2.24) is 0 Å². The van der Waals surface area contributed by atoms with Crippen molar-refractivity contribution in [2.45, 2.75) is 32.1 Å². The molecule has 0 saturated heterocycles. The van der Waals surface area contributed by atoms with Crippen LogP contribution in [0.1, 0.15) is 32.1 Å². The molecule has 0 aliphatic rings. The highest BCUT2D eigenvalue weighted by molar-refractivity contribution is 5.94. The van der Waals surface area contributed by atoms with Gasteiger partial charge in [0.15, 0.2) is 0 Å². The fourth-order valence-corrected chi connectivity index (χ4v) is 2.27. The highest BCUT2D eigenvalue weighted by atomic mass is 16.1. The number of carbonyl (C=O) groups is 1. The number of hydrogen-bond acceptors (Lipinski definition) is 2. The Morgan fingerprint density at radius 2 is 1.70 bits per heavy atom. The number of nitrogens with two attached hydrogens (primary N) is 1. The first kappa shape index (κ1) is 14.5. The Kier molecular flexibility index (Phi) is 5.56. The van der Waals surface area contributed by atoms with Crippen LogP contribution >= 0.6 is 0 Å². The summed E-state index contributed by atoms with van der Waals surface area (Å²) in [4.78, 5) is 11.8. The molecule has 20 heavy (non-hydrogen) atoms. The molecular formula is C17H22N2O. The average Bonchev–Trinajstić information content (AvgIpc) is 2.47. The van der Waals surface area contributed by atoms with Gasteiger partial charge in [0.1, 0.15) is 0 Å².